The van der Waals surface area contributed by atoms with Gasteiger partial charge in [0.2, 0.25) is 0 Å². The summed E-state index contributed by atoms with van der Waals surface area (Å²) in [6.45, 7) is 0. The molecular weight excluding hydrogens is 413 g/mol. The molecule has 106 valence electrons. The molecule has 0 fully saturated rings. The van der Waals surface area contributed by atoms with E-state index in [0.717, 1.165) is 15.4 Å². The van der Waals surface area contributed by atoms with Crippen LogP contribution >= 0.6 is 35.0 Å². The van der Waals surface area contributed by atoms with Crippen molar-refractivity contribution in [1.29, 1.82) is 0 Å². The first-order valence-corrected chi connectivity index (χ1v) is 7.66. The number of rotatable bonds is 1. The molecule has 3 nitrogen and oxygen atoms in total. The maximum Gasteiger partial charge on any atom is 1.00 e. The number of nitrogens with zero attached hydrogens (tertiary/aromatic N) is 2. The van der Waals surface area contributed by atoms with E-state index in [1.165, 1.54) is 7.05 Å². The molecule has 3 rings (SSSR count). The summed E-state index contributed by atoms with van der Waals surface area (Å²) in [5, 5.41) is 4.62. The zero-order valence-corrected chi connectivity index (χ0v) is 19.2. The zero-order valence-electron chi connectivity index (χ0n) is 11.9. The van der Waals surface area contributed by atoms with Gasteiger partial charge in [-0.25, -0.2) is 4.99 Å². The number of carbonyl (C=O) groups is 1. The summed E-state index contributed by atoms with van der Waals surface area (Å²) < 4.78 is 0. The molecule has 0 N–H and O–H groups in total. The van der Waals surface area contributed by atoms with Crippen molar-refractivity contribution in [3.8, 4) is 0 Å². The summed E-state index contributed by atoms with van der Waals surface area (Å²) >= 11 is 13.8. The van der Waals surface area contributed by atoms with Gasteiger partial charge in [-0.2, -0.15) is 0 Å². The van der Waals surface area contributed by atoms with Crippen LogP contribution in [0.1, 0.15) is 15.9 Å². The Bertz CT molecular complexity index is 780. The summed E-state index contributed by atoms with van der Waals surface area (Å²) in [7, 11) is 1.47. The molecule has 0 saturated heterocycles. The average molecular weight is 422 g/mol. The molecule has 2 aromatic carbocycles. The second-order valence-electron chi connectivity index (χ2n) is 4.36. The van der Waals surface area contributed by atoms with Gasteiger partial charge in [0.25, 0.3) is 0 Å². The van der Waals surface area contributed by atoms with Crippen LogP contribution in [0.5, 0.6) is 0 Å². The van der Waals surface area contributed by atoms with E-state index in [1.54, 1.807) is 30.0 Å². The normalized spacial score (nSPS) is 12.2. The Kier molecular flexibility index (Phi) is 6.72. The maximum absolute atomic E-state index is 11.7. The van der Waals surface area contributed by atoms with Gasteiger partial charge < -0.3 is 10.1 Å². The second kappa shape index (κ2) is 7.93. The molecule has 2 aromatic rings. The minimum absolute atomic E-state index is 0. The van der Waals surface area contributed by atoms with Gasteiger partial charge in [-0.05, 0) is 30.3 Å². The first-order chi connectivity index (χ1) is 10.1. The van der Waals surface area contributed by atoms with Crippen LogP contribution in [-0.4, -0.2) is 18.1 Å². The van der Waals surface area contributed by atoms with Crippen LogP contribution in [0, 0.1) is 0 Å². The number of amides is 1. The van der Waals surface area contributed by atoms with Gasteiger partial charge in [0.1, 0.15) is 5.17 Å². The van der Waals surface area contributed by atoms with Crippen LogP contribution in [0.25, 0.3) is 5.32 Å². The van der Waals surface area contributed by atoms with Gasteiger partial charge in [0, 0.05) is 25.9 Å². The van der Waals surface area contributed by atoms with Crippen molar-refractivity contribution in [3.05, 3.63) is 57.9 Å². The number of fused-ring (bicyclic) bond motifs is 2. The van der Waals surface area contributed by atoms with Crippen molar-refractivity contribution in [2.45, 2.75) is 9.79 Å². The Balaban J connectivity index is 0.00000176. The molecule has 0 aromatic heterocycles. The van der Waals surface area contributed by atoms with E-state index in [1.807, 2.05) is 18.2 Å². The van der Waals surface area contributed by atoms with Gasteiger partial charge in [-0.15, -0.1) is 7.05 Å². The molecule has 1 aliphatic rings. The van der Waals surface area contributed by atoms with Crippen LogP contribution < -0.4 is 58.2 Å². The fourth-order valence-corrected chi connectivity index (χ4v) is 3.45. The van der Waals surface area contributed by atoms with Gasteiger partial charge in [0.15, 0.2) is 0 Å². The number of benzene rings is 2. The van der Waals surface area contributed by atoms with E-state index in [4.69, 9.17) is 23.2 Å². The van der Waals surface area contributed by atoms with E-state index in [0.29, 0.717) is 21.4 Å². The molecule has 0 unspecified atom stereocenters. The molecule has 0 aliphatic carbocycles. The Labute approximate surface area is 191 Å². The third-order valence-corrected chi connectivity index (χ3v) is 4.68. The van der Waals surface area contributed by atoms with Crippen molar-refractivity contribution < 1.29 is 63.0 Å². The molecule has 0 atom stereocenters. The Morgan fingerprint density at radius 1 is 1.14 bits per heavy atom. The molecule has 0 spiro atoms. The third-order valence-electron chi connectivity index (χ3n) is 3.01. The summed E-state index contributed by atoms with van der Waals surface area (Å²) in [6.07, 6.45) is 0. The molecule has 1 heterocycles. The van der Waals surface area contributed by atoms with Crippen LogP contribution in [0.3, 0.4) is 0 Å². The minimum Gasteiger partial charge on any atom is -0.652 e. The summed E-state index contributed by atoms with van der Waals surface area (Å²) in [6, 6.07) is 10.8. The van der Waals surface area contributed by atoms with Crippen LogP contribution in [-0.2, 0) is 0 Å². The fraction of sp³-hybridized carbons (Fsp3) is 0.0667. The topological polar surface area (TPSA) is 43.5 Å². The summed E-state index contributed by atoms with van der Waals surface area (Å²) in [5.41, 5.74) is 1.94. The van der Waals surface area contributed by atoms with Crippen LogP contribution in [0.2, 0.25) is 5.02 Å². The number of carbonyl (C=O) groups excluding carboxylic acids is 1. The molecule has 0 bridgehead atoms. The smallest absolute Gasteiger partial charge is 0.652 e. The van der Waals surface area contributed by atoms with E-state index in [-0.39, 0.29) is 64.1 Å². The maximum atomic E-state index is 11.7. The number of hydrogen-bond acceptors (Lipinski definition) is 3. The first-order valence-electron chi connectivity index (χ1n) is 6.08. The molecular formula is C15H9Cl2N2ORbS. The molecule has 22 heavy (non-hydrogen) atoms. The van der Waals surface area contributed by atoms with Crippen molar-refractivity contribution in [2.24, 2.45) is 4.99 Å². The van der Waals surface area contributed by atoms with E-state index in [9.17, 15) is 4.79 Å². The van der Waals surface area contributed by atoms with Crippen molar-refractivity contribution >= 4 is 51.7 Å². The third kappa shape index (κ3) is 3.86. The summed E-state index contributed by atoms with van der Waals surface area (Å²) in [4.78, 5) is 18.0. The predicted octanol–water partition coefficient (Wildman–Crippen LogP) is 2.27. The second-order valence-corrected chi connectivity index (χ2v) is 6.23. The van der Waals surface area contributed by atoms with Crippen molar-refractivity contribution in [3.63, 3.8) is 0 Å². The Hall–Kier alpha value is 0.315. The largest absolute Gasteiger partial charge is 1.00 e. The Morgan fingerprint density at radius 3 is 2.59 bits per heavy atom. The van der Waals surface area contributed by atoms with Crippen LogP contribution in [0.4, 0.5) is 5.69 Å². The van der Waals surface area contributed by atoms with Crippen molar-refractivity contribution in [1.82, 2.24) is 0 Å². The average Bonchev–Trinajstić information content (AvgIpc) is 2.62. The van der Waals surface area contributed by atoms with Crippen molar-refractivity contribution in [2.75, 3.05) is 7.05 Å². The SMILES string of the molecule is C[N-]C(=O)c1ccc2c(c1)N=C(Cl)c1cc(Cl)ccc1S2.[Rb+]. The predicted molar refractivity (Wildman–Crippen MR) is 87.7 cm³/mol. The van der Waals surface area contributed by atoms with Crippen LogP contribution in [0.15, 0.2) is 51.2 Å². The molecule has 7 heteroatoms. The number of halogens is 2. The molecule has 0 radical (unpaired) electrons. The van der Waals surface area contributed by atoms with E-state index >= 15 is 0 Å². The number of aliphatic imine (C=N–C) groups is 1. The minimum atomic E-state index is -0.279. The van der Waals surface area contributed by atoms with Gasteiger partial charge in [-0.3, -0.25) is 0 Å². The molecule has 1 amide bonds. The van der Waals surface area contributed by atoms with Gasteiger partial charge in [0.05, 0.1) is 11.6 Å². The van der Waals surface area contributed by atoms with E-state index < -0.39 is 0 Å². The fourth-order valence-electron chi connectivity index (χ4n) is 1.99. The monoisotopic (exact) mass is 420 g/mol. The first kappa shape index (κ1) is 18.7. The molecule has 1 aliphatic heterocycles. The molecule has 0 saturated carbocycles. The number of hydrogen-bond donors (Lipinski definition) is 0. The standard InChI is InChI=1S/C15H10Cl2N2OS.Rb/c1-18-15(20)8-2-4-13-11(6-8)19-14(17)10-7-9(16)3-5-12(10)21-13;/h2-7H,1H3,(H,18,20);/q;+1/p-1. The van der Waals surface area contributed by atoms with E-state index in [2.05, 4.69) is 10.3 Å². The zero-order chi connectivity index (χ0) is 15.0. The van der Waals surface area contributed by atoms with Gasteiger partial charge >= 0.3 is 58.2 Å². The quantitative estimate of drug-likeness (QED) is 0.709. The van der Waals surface area contributed by atoms with Gasteiger partial charge in [-0.1, -0.05) is 41.0 Å². The summed E-state index contributed by atoms with van der Waals surface area (Å²) in [5.74, 6) is -0.279. The Morgan fingerprint density at radius 2 is 1.86 bits per heavy atom.